The summed E-state index contributed by atoms with van der Waals surface area (Å²) in [5.74, 6) is 0. The van der Waals surface area contributed by atoms with Crippen LogP contribution in [0.25, 0.3) is 0 Å². The van der Waals surface area contributed by atoms with E-state index in [1.54, 1.807) is 0 Å². The van der Waals surface area contributed by atoms with E-state index >= 15 is 0 Å². The molecule has 1 saturated heterocycles. The van der Waals surface area contributed by atoms with Gasteiger partial charge in [0.15, 0.2) is 0 Å². The summed E-state index contributed by atoms with van der Waals surface area (Å²) in [6.45, 7) is -6.07. The van der Waals surface area contributed by atoms with Crippen molar-refractivity contribution in [3.63, 3.8) is 0 Å². The molecule has 1 heterocycles. The molecule has 0 saturated carbocycles. The average molecular weight is 108 g/mol. The van der Waals surface area contributed by atoms with Crippen LogP contribution in [0, 0.1) is 0 Å². The van der Waals surface area contributed by atoms with Gasteiger partial charge in [-0.2, -0.15) is 0 Å². The minimum absolute atomic E-state index is 0.0459. The summed E-state index contributed by atoms with van der Waals surface area (Å²) in [6, 6.07) is -2.17. The Balaban J connectivity index is 3.24. The lowest BCUT2D eigenvalue weighted by atomic mass is 10.3. The van der Waals surface area contributed by atoms with Crippen LogP contribution in [0.5, 0.6) is 0 Å². The van der Waals surface area contributed by atoms with E-state index in [0.717, 1.165) is 6.92 Å². The third kappa shape index (κ3) is 1.45. The molecule has 1 aliphatic heterocycles. The molecule has 0 aromatic carbocycles. The standard InChI is InChI=1S/C5H12N2/c1-5-4-6-2-3-7-5/h5-7H,2-4H2,1H3/i2D2,3D,4D2,5D/hD2. The van der Waals surface area contributed by atoms with Gasteiger partial charge in [0.1, 0.15) is 2.82 Å². The Morgan fingerprint density at radius 3 is 3.86 bits per heavy atom. The molecule has 0 bridgehead atoms. The Hall–Kier alpha value is -0.0800. The quantitative estimate of drug-likeness (QED) is 0.440. The summed E-state index contributed by atoms with van der Waals surface area (Å²) >= 11 is 0. The summed E-state index contributed by atoms with van der Waals surface area (Å²) in [6.07, 6.45) is 0. The van der Waals surface area contributed by atoms with Gasteiger partial charge in [-0.1, -0.05) is 0 Å². The van der Waals surface area contributed by atoms with Crippen LogP contribution in [-0.2, 0) is 0 Å². The first-order valence-corrected chi connectivity index (χ1v) is 1.97. The molecular formula is C5H12N2. The first-order valence-electron chi connectivity index (χ1n) is 5.94. The van der Waals surface area contributed by atoms with Crippen molar-refractivity contribution in [1.29, 1.82) is 0 Å². The second-order valence-electron chi connectivity index (χ2n) is 1.20. The number of piperazine rings is 1. The number of rotatable bonds is 0. The smallest absolute Gasteiger partial charge is 0.123 e. The molecule has 0 aromatic heterocycles. The third-order valence-corrected chi connectivity index (χ3v) is 0.598. The van der Waals surface area contributed by atoms with Crippen molar-refractivity contribution in [2.75, 3.05) is 19.5 Å². The molecule has 1 fully saturated rings. The van der Waals surface area contributed by atoms with Crippen LogP contribution in [0.1, 0.15) is 15.1 Å². The summed E-state index contributed by atoms with van der Waals surface area (Å²) < 4.78 is 59.1. The van der Waals surface area contributed by atoms with Crippen LogP contribution < -0.4 is 10.6 Å². The van der Waals surface area contributed by atoms with Gasteiger partial charge in [-0.05, 0) is 6.92 Å². The summed E-state index contributed by atoms with van der Waals surface area (Å²) in [4.78, 5) is 0. The van der Waals surface area contributed by atoms with Crippen LogP contribution in [0.2, 0.25) is 2.82 Å². The van der Waals surface area contributed by atoms with Crippen LogP contribution in [0.15, 0.2) is 0 Å². The highest BCUT2D eigenvalue weighted by molar-refractivity contribution is 4.69. The van der Waals surface area contributed by atoms with E-state index in [0.29, 0.717) is 0 Å². The molecule has 0 radical (unpaired) electrons. The van der Waals surface area contributed by atoms with Crippen molar-refractivity contribution in [2.24, 2.45) is 0 Å². The van der Waals surface area contributed by atoms with E-state index in [2.05, 4.69) is 0 Å². The second kappa shape index (κ2) is 2.28. The Labute approximate surface area is 55.6 Å². The molecule has 1 rings (SSSR count). The molecule has 2 atom stereocenters. The van der Waals surface area contributed by atoms with E-state index in [4.69, 9.17) is 11.0 Å². The number of nitrogens with one attached hydrogen (secondary N) is 2. The highest BCUT2D eigenvalue weighted by Gasteiger charge is 2.03. The van der Waals surface area contributed by atoms with Crippen molar-refractivity contribution in [2.45, 2.75) is 12.9 Å². The maximum Gasteiger partial charge on any atom is 0.123 e. The maximum absolute atomic E-state index is 7.59. The van der Waals surface area contributed by atoms with E-state index in [-0.39, 0.29) is 10.6 Å². The van der Waals surface area contributed by atoms with Crippen molar-refractivity contribution in [3.05, 3.63) is 0 Å². The van der Waals surface area contributed by atoms with Gasteiger partial charge in [0, 0.05) is 33.8 Å². The molecule has 2 unspecified atom stereocenters. The van der Waals surface area contributed by atoms with Crippen LogP contribution in [0.4, 0.5) is 0 Å². The summed E-state index contributed by atoms with van der Waals surface area (Å²) in [5.41, 5.74) is 0. The molecule has 42 valence electrons. The molecule has 0 amide bonds. The van der Waals surface area contributed by atoms with Gasteiger partial charge < -0.3 is 10.6 Å². The van der Waals surface area contributed by atoms with Crippen molar-refractivity contribution < 1.29 is 11.0 Å². The maximum atomic E-state index is 7.59. The first kappa shape index (κ1) is 1.09. The highest BCUT2D eigenvalue weighted by atomic mass is 15.0. The molecule has 0 spiro atoms. The van der Waals surface area contributed by atoms with E-state index < -0.39 is 25.5 Å². The predicted octanol–water partition coefficient (Wildman–Crippen LogP) is -0.432. The fourth-order valence-corrected chi connectivity index (χ4v) is 0.297. The van der Waals surface area contributed by atoms with Gasteiger partial charge in [-0.3, -0.25) is 0 Å². The SMILES string of the molecule is [2H]C1N([2H])C([2H])(C)C([2H])([2H])N([2H])C1([2H])[2H]. The summed E-state index contributed by atoms with van der Waals surface area (Å²) in [5, 5.41) is 0.188. The van der Waals surface area contributed by atoms with Gasteiger partial charge >= 0.3 is 0 Å². The zero-order valence-electron chi connectivity index (χ0n) is 12.0. The Morgan fingerprint density at radius 2 is 3.00 bits per heavy atom. The monoisotopic (exact) mass is 108 g/mol. The zero-order chi connectivity index (χ0) is 12.2. The van der Waals surface area contributed by atoms with Crippen LogP contribution in [0.3, 0.4) is 0 Å². The normalized spacial score (nSPS) is 90.7. The van der Waals surface area contributed by atoms with E-state index in [1.807, 2.05) is 0 Å². The molecule has 2 nitrogen and oxygen atoms in total. The van der Waals surface area contributed by atoms with Gasteiger partial charge in [0.2, 0.25) is 0 Å². The minimum atomic E-state index is -2.67. The Bertz CT molecular complexity index is 266. The molecular weight excluding hydrogens is 88.1 g/mol. The molecule has 0 aromatic rings. The van der Waals surface area contributed by atoms with Gasteiger partial charge in [0.05, 0.1) is 0 Å². The van der Waals surface area contributed by atoms with E-state index in [1.165, 1.54) is 0 Å². The molecule has 1 aliphatic rings. The first-order chi connectivity index (χ1) is 6.47. The summed E-state index contributed by atoms with van der Waals surface area (Å²) in [7, 11) is 0. The molecule has 2 N–H and O–H groups in total. The topological polar surface area (TPSA) is 24.1 Å². The molecule has 7 heavy (non-hydrogen) atoms. The minimum Gasteiger partial charge on any atom is -0.314 e. The van der Waals surface area contributed by atoms with E-state index in [9.17, 15) is 0 Å². The van der Waals surface area contributed by atoms with Crippen LogP contribution >= 0.6 is 0 Å². The van der Waals surface area contributed by atoms with Crippen molar-refractivity contribution in [3.8, 4) is 0 Å². The number of hydrogen-bond donors (Lipinski definition) is 2. The second-order valence-corrected chi connectivity index (χ2v) is 1.20. The largest absolute Gasteiger partial charge is 0.314 e. The zero-order valence-corrected chi connectivity index (χ0v) is 3.97. The fourth-order valence-electron chi connectivity index (χ4n) is 0.297. The molecule has 0 aliphatic carbocycles. The Kier molecular flexibility index (Phi) is 0.356. The van der Waals surface area contributed by atoms with Crippen molar-refractivity contribution in [1.82, 2.24) is 10.6 Å². The average Bonchev–Trinajstić information content (AvgIpc) is 2.12. The predicted molar refractivity (Wildman–Crippen MR) is 30.3 cm³/mol. The lowest BCUT2D eigenvalue weighted by Crippen LogP contribution is -2.46. The highest BCUT2D eigenvalue weighted by Crippen LogP contribution is 1.80. The van der Waals surface area contributed by atoms with Crippen molar-refractivity contribution >= 4 is 0 Å². The Morgan fingerprint density at radius 1 is 2.14 bits per heavy atom. The van der Waals surface area contributed by atoms with Gasteiger partial charge in [0.25, 0.3) is 0 Å². The lowest BCUT2D eigenvalue weighted by Gasteiger charge is -2.19. The third-order valence-electron chi connectivity index (χ3n) is 0.598. The lowest BCUT2D eigenvalue weighted by molar-refractivity contribution is 0.442. The van der Waals surface area contributed by atoms with Gasteiger partial charge in [-0.15, -0.1) is 0 Å². The van der Waals surface area contributed by atoms with Crippen LogP contribution in [-0.4, -0.2) is 25.5 Å². The number of hydrogen-bond acceptors (Lipinski definition) is 2. The fraction of sp³-hybridized carbons (Fsp3) is 1.00. The van der Waals surface area contributed by atoms with Gasteiger partial charge in [-0.25, -0.2) is 0 Å². The molecule has 2 heteroatoms.